The highest BCUT2D eigenvalue weighted by molar-refractivity contribution is 9.09. The van der Waals surface area contributed by atoms with Crippen LogP contribution in [0, 0.1) is 5.41 Å². The molecule has 0 bridgehead atoms. The smallest absolute Gasteiger partial charge is 0.319 e. The Bertz CT molecular complexity index is 252. The van der Waals surface area contributed by atoms with E-state index in [2.05, 4.69) is 15.9 Å². The molecule has 0 aliphatic heterocycles. The largest absolute Gasteiger partial charge is 0.468 e. The van der Waals surface area contributed by atoms with Gasteiger partial charge in [0.15, 0.2) is 0 Å². The second kappa shape index (κ2) is 5.64. The number of hydrogen-bond donors (Lipinski definition) is 0. The highest BCUT2D eigenvalue weighted by Gasteiger charge is 2.48. The fourth-order valence-electron chi connectivity index (χ4n) is 2.23. The number of unbranched alkanes of at least 4 members (excludes halogenated alkanes) is 1. The van der Waals surface area contributed by atoms with Crippen LogP contribution in [0.25, 0.3) is 0 Å². The number of carbonyl (C=O) groups is 2. The van der Waals surface area contributed by atoms with Crippen LogP contribution in [-0.2, 0) is 14.3 Å². The van der Waals surface area contributed by atoms with Gasteiger partial charge in [-0.25, -0.2) is 0 Å². The van der Waals surface area contributed by atoms with Crippen LogP contribution in [0.1, 0.15) is 38.5 Å². The van der Waals surface area contributed by atoms with Gasteiger partial charge in [-0.3, -0.25) is 9.59 Å². The van der Waals surface area contributed by atoms with Crippen LogP contribution in [0.4, 0.5) is 0 Å². The molecular formula is C11H17BrO3. The maximum atomic E-state index is 11.8. The Morgan fingerprint density at radius 2 is 2.27 bits per heavy atom. The van der Waals surface area contributed by atoms with Gasteiger partial charge in [0.2, 0.25) is 0 Å². The van der Waals surface area contributed by atoms with E-state index in [1.54, 1.807) is 0 Å². The van der Waals surface area contributed by atoms with Gasteiger partial charge in [0.25, 0.3) is 0 Å². The van der Waals surface area contributed by atoms with Gasteiger partial charge in [0.1, 0.15) is 11.2 Å². The monoisotopic (exact) mass is 276 g/mol. The molecule has 0 spiro atoms. The van der Waals surface area contributed by atoms with Crippen molar-refractivity contribution < 1.29 is 14.3 Å². The molecule has 1 aliphatic carbocycles. The average Bonchev–Trinajstić information content (AvgIpc) is 2.61. The number of alkyl halides is 1. The first-order valence-electron chi connectivity index (χ1n) is 5.35. The zero-order valence-corrected chi connectivity index (χ0v) is 10.6. The number of Topliss-reactive ketones (excluding diaryl/α,β-unsaturated/α-hetero) is 1. The summed E-state index contributed by atoms with van der Waals surface area (Å²) < 4.78 is 4.77. The molecule has 0 radical (unpaired) electrons. The normalized spacial score (nSPS) is 25.6. The summed E-state index contributed by atoms with van der Waals surface area (Å²) in [5, 5.41) is 0.915. The Balaban J connectivity index is 2.68. The Kier molecular flexibility index (Phi) is 4.77. The molecule has 0 N–H and O–H groups in total. The number of ether oxygens (including phenoxy) is 1. The summed E-state index contributed by atoms with van der Waals surface area (Å²) in [6.07, 6.45) is 4.55. The van der Waals surface area contributed by atoms with Crippen molar-refractivity contribution in [2.75, 3.05) is 12.4 Å². The van der Waals surface area contributed by atoms with Crippen LogP contribution in [0.2, 0.25) is 0 Å². The average molecular weight is 277 g/mol. The molecule has 0 aromatic carbocycles. The molecule has 86 valence electrons. The predicted octanol–water partition coefficient (Wildman–Crippen LogP) is 2.46. The van der Waals surface area contributed by atoms with Gasteiger partial charge in [-0.1, -0.05) is 22.4 Å². The lowest BCUT2D eigenvalue weighted by atomic mass is 9.80. The van der Waals surface area contributed by atoms with Crippen molar-refractivity contribution >= 4 is 27.7 Å². The van der Waals surface area contributed by atoms with Crippen LogP contribution in [0.15, 0.2) is 0 Å². The number of ketones is 1. The molecule has 1 rings (SSSR count). The van der Waals surface area contributed by atoms with Crippen LogP contribution in [0.3, 0.4) is 0 Å². The summed E-state index contributed by atoms with van der Waals surface area (Å²) in [4.78, 5) is 23.5. The number of methoxy groups -OCH3 is 1. The summed E-state index contributed by atoms with van der Waals surface area (Å²) in [6.45, 7) is 0. The molecule has 3 nitrogen and oxygen atoms in total. The first-order chi connectivity index (χ1) is 7.17. The van der Waals surface area contributed by atoms with Crippen LogP contribution < -0.4 is 0 Å². The lowest BCUT2D eigenvalue weighted by Crippen LogP contribution is -2.36. The maximum absolute atomic E-state index is 11.8. The van der Waals surface area contributed by atoms with Crippen molar-refractivity contribution in [2.24, 2.45) is 5.41 Å². The maximum Gasteiger partial charge on any atom is 0.319 e. The van der Waals surface area contributed by atoms with Crippen LogP contribution in [0.5, 0.6) is 0 Å². The zero-order valence-electron chi connectivity index (χ0n) is 9.05. The third kappa shape index (κ3) is 2.60. The Hall–Kier alpha value is -0.380. The van der Waals surface area contributed by atoms with Crippen molar-refractivity contribution in [3.05, 3.63) is 0 Å². The van der Waals surface area contributed by atoms with E-state index < -0.39 is 5.41 Å². The minimum atomic E-state index is -0.809. The molecule has 1 saturated carbocycles. The van der Waals surface area contributed by atoms with E-state index in [0.29, 0.717) is 19.3 Å². The van der Waals surface area contributed by atoms with E-state index in [4.69, 9.17) is 4.74 Å². The quantitative estimate of drug-likeness (QED) is 0.335. The van der Waals surface area contributed by atoms with Gasteiger partial charge < -0.3 is 4.74 Å². The summed E-state index contributed by atoms with van der Waals surface area (Å²) in [6, 6.07) is 0. The van der Waals surface area contributed by atoms with Gasteiger partial charge in [-0.15, -0.1) is 0 Å². The summed E-state index contributed by atoms with van der Waals surface area (Å²) >= 11 is 3.34. The van der Waals surface area contributed by atoms with Crippen molar-refractivity contribution in [3.63, 3.8) is 0 Å². The van der Waals surface area contributed by atoms with E-state index in [1.165, 1.54) is 7.11 Å². The number of carbonyl (C=O) groups excluding carboxylic acids is 2. The third-order valence-corrected chi connectivity index (χ3v) is 3.67. The zero-order chi connectivity index (χ0) is 11.3. The molecule has 1 fully saturated rings. The molecule has 4 heteroatoms. The summed E-state index contributed by atoms with van der Waals surface area (Å²) in [5.74, 6) is -0.261. The number of hydrogen-bond acceptors (Lipinski definition) is 3. The van der Waals surface area contributed by atoms with Crippen molar-refractivity contribution in [2.45, 2.75) is 38.5 Å². The van der Waals surface area contributed by atoms with Gasteiger partial charge >= 0.3 is 5.97 Å². The van der Waals surface area contributed by atoms with Crippen molar-refractivity contribution in [3.8, 4) is 0 Å². The Morgan fingerprint density at radius 1 is 1.53 bits per heavy atom. The van der Waals surface area contributed by atoms with Crippen LogP contribution >= 0.6 is 15.9 Å². The molecule has 1 atom stereocenters. The first kappa shape index (κ1) is 12.7. The van der Waals surface area contributed by atoms with E-state index in [-0.39, 0.29) is 11.8 Å². The number of halogens is 1. The minimum absolute atomic E-state index is 0.0731. The second-order valence-electron chi connectivity index (χ2n) is 4.00. The molecule has 1 unspecified atom stereocenters. The second-order valence-corrected chi connectivity index (χ2v) is 4.79. The first-order valence-corrected chi connectivity index (χ1v) is 6.47. The van der Waals surface area contributed by atoms with E-state index in [0.717, 1.165) is 24.6 Å². The highest BCUT2D eigenvalue weighted by atomic mass is 79.9. The van der Waals surface area contributed by atoms with E-state index in [9.17, 15) is 9.59 Å². The molecule has 15 heavy (non-hydrogen) atoms. The third-order valence-electron chi connectivity index (χ3n) is 3.10. The molecule has 0 saturated heterocycles. The number of esters is 1. The fraction of sp³-hybridized carbons (Fsp3) is 0.818. The van der Waals surface area contributed by atoms with Gasteiger partial charge in [-0.2, -0.15) is 0 Å². The fourth-order valence-corrected chi connectivity index (χ4v) is 2.62. The topological polar surface area (TPSA) is 43.4 Å². The SMILES string of the molecule is COC(=O)C1(CCCCBr)CCCC1=O. The van der Waals surface area contributed by atoms with Crippen LogP contribution in [-0.4, -0.2) is 24.2 Å². The van der Waals surface area contributed by atoms with Gasteiger partial charge in [0, 0.05) is 11.8 Å². The molecule has 0 aromatic heterocycles. The molecule has 1 aliphatic rings. The lowest BCUT2D eigenvalue weighted by molar-refractivity contribution is -0.157. The molecular weight excluding hydrogens is 260 g/mol. The summed E-state index contributed by atoms with van der Waals surface area (Å²) in [7, 11) is 1.36. The Labute approximate surface area is 98.7 Å². The van der Waals surface area contributed by atoms with Crippen molar-refractivity contribution in [1.29, 1.82) is 0 Å². The lowest BCUT2D eigenvalue weighted by Gasteiger charge is -2.23. The van der Waals surface area contributed by atoms with Gasteiger partial charge in [-0.05, 0) is 25.7 Å². The van der Waals surface area contributed by atoms with E-state index >= 15 is 0 Å². The number of rotatable bonds is 5. The molecule has 0 aromatic rings. The highest BCUT2D eigenvalue weighted by Crippen LogP contribution is 2.40. The molecule has 0 amide bonds. The standard InChI is InChI=1S/C11H17BrO3/c1-15-10(14)11(6-2-3-8-12)7-4-5-9(11)13/h2-8H2,1H3. The molecule has 0 heterocycles. The predicted molar refractivity (Wildman–Crippen MR) is 61.0 cm³/mol. The van der Waals surface area contributed by atoms with E-state index in [1.807, 2.05) is 0 Å². The van der Waals surface area contributed by atoms with Crippen molar-refractivity contribution in [1.82, 2.24) is 0 Å². The Morgan fingerprint density at radius 3 is 2.73 bits per heavy atom. The van der Waals surface area contributed by atoms with Gasteiger partial charge in [0.05, 0.1) is 7.11 Å². The minimum Gasteiger partial charge on any atom is -0.468 e. The summed E-state index contributed by atoms with van der Waals surface area (Å²) in [5.41, 5.74) is -0.809.